The van der Waals surface area contributed by atoms with Gasteiger partial charge in [0.1, 0.15) is 11.1 Å². The summed E-state index contributed by atoms with van der Waals surface area (Å²) in [4.78, 5) is 21.9. The zero-order valence-corrected chi connectivity index (χ0v) is 19.6. The van der Waals surface area contributed by atoms with Crippen molar-refractivity contribution in [3.63, 3.8) is 0 Å². The van der Waals surface area contributed by atoms with Gasteiger partial charge in [0.2, 0.25) is 0 Å². The van der Waals surface area contributed by atoms with Crippen LogP contribution in [0, 0.1) is 0 Å². The average Bonchev–Trinajstić information content (AvgIpc) is 3.25. The van der Waals surface area contributed by atoms with Crippen molar-refractivity contribution in [3.05, 3.63) is 33.6 Å². The van der Waals surface area contributed by atoms with Crippen molar-refractivity contribution in [1.82, 2.24) is 9.88 Å². The van der Waals surface area contributed by atoms with Crippen LogP contribution in [0.15, 0.2) is 28.7 Å². The molecule has 4 rings (SSSR count). The van der Waals surface area contributed by atoms with E-state index in [1.54, 1.807) is 11.0 Å². The number of carbonyl (C=O) groups is 1. The van der Waals surface area contributed by atoms with Crippen LogP contribution in [0.25, 0.3) is 21.5 Å². The summed E-state index contributed by atoms with van der Waals surface area (Å²) in [5, 5.41) is 0.588. The van der Waals surface area contributed by atoms with Gasteiger partial charge in [-0.2, -0.15) is 4.98 Å². The molecule has 1 saturated heterocycles. The van der Waals surface area contributed by atoms with E-state index in [2.05, 4.69) is 9.88 Å². The lowest BCUT2D eigenvalue weighted by atomic mass is 10.1. The molecule has 3 heterocycles. The third kappa shape index (κ3) is 4.38. The number of halogens is 2. The van der Waals surface area contributed by atoms with Gasteiger partial charge < -0.3 is 19.0 Å². The van der Waals surface area contributed by atoms with E-state index < -0.39 is 5.60 Å². The van der Waals surface area contributed by atoms with Gasteiger partial charge in [-0.05, 0) is 52.0 Å². The third-order valence-corrected chi connectivity index (χ3v) is 6.29. The number of carbonyl (C=O) groups excluding carboxylic acids is 1. The molecule has 0 unspecified atom stereocenters. The van der Waals surface area contributed by atoms with Crippen molar-refractivity contribution in [2.75, 3.05) is 24.5 Å². The Kier molecular flexibility index (Phi) is 5.64. The van der Waals surface area contributed by atoms with Crippen LogP contribution in [0.2, 0.25) is 9.36 Å². The maximum Gasteiger partial charge on any atom is 0.410 e. The number of fused-ring (bicyclic) bond motifs is 1. The molecule has 0 spiro atoms. The summed E-state index contributed by atoms with van der Waals surface area (Å²) in [6.45, 7) is 9.30. The molecule has 9 heteroatoms. The summed E-state index contributed by atoms with van der Waals surface area (Å²) in [5.41, 5.74) is 1.72. The number of hydrogen-bond donors (Lipinski definition) is 0. The van der Waals surface area contributed by atoms with Crippen molar-refractivity contribution in [3.8, 4) is 10.4 Å². The number of thiophene rings is 1. The lowest BCUT2D eigenvalue weighted by Crippen LogP contribution is -2.54. The standard InChI is InChI=1S/C21H23Cl2N3O3S/c1-12-11-25(20(27)29-21(2,3)4)7-8-26(12)19-24-15-10-13(22)9-14(18(15)28-19)16-5-6-17(23)30-16/h5-6,9-10,12H,7-8,11H2,1-4H3/t12-/m0/s1. The van der Waals surface area contributed by atoms with Gasteiger partial charge in [0.25, 0.3) is 6.01 Å². The number of oxazole rings is 1. The highest BCUT2D eigenvalue weighted by molar-refractivity contribution is 7.19. The Labute approximate surface area is 189 Å². The SMILES string of the molecule is C[C@H]1CN(C(=O)OC(C)(C)C)CCN1c1nc2cc(Cl)cc(-c3ccc(Cl)s3)c2o1. The van der Waals surface area contributed by atoms with Crippen molar-refractivity contribution >= 4 is 57.7 Å². The summed E-state index contributed by atoms with van der Waals surface area (Å²) in [7, 11) is 0. The molecule has 160 valence electrons. The number of hydrogen-bond acceptors (Lipinski definition) is 6. The van der Waals surface area contributed by atoms with Gasteiger partial charge in [0.05, 0.1) is 4.34 Å². The maximum atomic E-state index is 12.4. The second-order valence-electron chi connectivity index (χ2n) is 8.37. The van der Waals surface area contributed by atoms with Gasteiger partial charge in [-0.1, -0.05) is 23.2 Å². The number of benzene rings is 1. The van der Waals surface area contributed by atoms with E-state index in [-0.39, 0.29) is 12.1 Å². The Hall–Kier alpha value is -1.96. The molecular formula is C21H23Cl2N3O3S. The van der Waals surface area contributed by atoms with Gasteiger partial charge in [-0.3, -0.25) is 0 Å². The minimum atomic E-state index is -0.516. The summed E-state index contributed by atoms with van der Waals surface area (Å²) < 4.78 is 12.4. The van der Waals surface area contributed by atoms with Gasteiger partial charge in [0.15, 0.2) is 5.58 Å². The van der Waals surface area contributed by atoms with E-state index in [0.717, 1.165) is 10.4 Å². The number of anilines is 1. The molecule has 30 heavy (non-hydrogen) atoms. The van der Waals surface area contributed by atoms with Crippen molar-refractivity contribution in [1.29, 1.82) is 0 Å². The summed E-state index contributed by atoms with van der Waals surface area (Å²) in [6, 6.07) is 8.00. The lowest BCUT2D eigenvalue weighted by Gasteiger charge is -2.39. The Bertz CT molecular complexity index is 1090. The number of rotatable bonds is 2. The molecule has 0 aliphatic carbocycles. The first-order valence-corrected chi connectivity index (χ1v) is 11.3. The third-order valence-electron chi connectivity index (χ3n) is 4.81. The molecule has 0 radical (unpaired) electrons. The summed E-state index contributed by atoms with van der Waals surface area (Å²) >= 11 is 13.9. The van der Waals surface area contributed by atoms with E-state index in [4.69, 9.17) is 32.4 Å². The van der Waals surface area contributed by atoms with Crippen LogP contribution in [-0.2, 0) is 4.74 Å². The fourth-order valence-corrected chi connectivity index (χ4v) is 4.75. The number of piperazine rings is 1. The summed E-state index contributed by atoms with van der Waals surface area (Å²) in [5.74, 6) is 0. The highest BCUT2D eigenvalue weighted by atomic mass is 35.5. The molecule has 6 nitrogen and oxygen atoms in total. The normalized spacial score (nSPS) is 17.6. The predicted molar refractivity (Wildman–Crippen MR) is 122 cm³/mol. The molecule has 1 fully saturated rings. The fourth-order valence-electron chi connectivity index (χ4n) is 3.49. The van der Waals surface area contributed by atoms with Gasteiger partial charge in [-0.25, -0.2) is 4.79 Å². The van der Waals surface area contributed by atoms with Crippen LogP contribution in [0.3, 0.4) is 0 Å². The van der Waals surface area contributed by atoms with Gasteiger partial charge in [-0.15, -0.1) is 11.3 Å². The molecule has 1 aliphatic rings. The van der Waals surface area contributed by atoms with E-state index in [0.29, 0.717) is 46.1 Å². The highest BCUT2D eigenvalue weighted by Gasteiger charge is 2.32. The minimum absolute atomic E-state index is 0.0226. The van der Waals surface area contributed by atoms with E-state index >= 15 is 0 Å². The number of ether oxygens (including phenoxy) is 1. The Morgan fingerprint density at radius 2 is 2.03 bits per heavy atom. The smallest absolute Gasteiger partial charge is 0.410 e. The number of aromatic nitrogens is 1. The van der Waals surface area contributed by atoms with E-state index in [1.807, 2.05) is 45.9 Å². The quantitative estimate of drug-likeness (QED) is 0.441. The second kappa shape index (κ2) is 7.94. The molecule has 1 amide bonds. The van der Waals surface area contributed by atoms with Crippen molar-refractivity contribution in [2.45, 2.75) is 39.3 Å². The Balaban J connectivity index is 1.59. The first-order valence-electron chi connectivity index (χ1n) is 9.71. The molecule has 0 N–H and O–H groups in total. The predicted octanol–water partition coefficient (Wildman–Crippen LogP) is 6.31. The van der Waals surface area contributed by atoms with Crippen LogP contribution >= 0.6 is 34.5 Å². The average molecular weight is 468 g/mol. The van der Waals surface area contributed by atoms with Gasteiger partial charge >= 0.3 is 6.09 Å². The van der Waals surface area contributed by atoms with Crippen molar-refractivity contribution in [2.24, 2.45) is 0 Å². The van der Waals surface area contributed by atoms with Gasteiger partial charge in [0, 0.05) is 41.1 Å². The minimum Gasteiger partial charge on any atom is -0.444 e. The van der Waals surface area contributed by atoms with Crippen LogP contribution < -0.4 is 4.90 Å². The molecule has 0 bridgehead atoms. The zero-order chi connectivity index (χ0) is 21.6. The van der Waals surface area contributed by atoms with E-state index in [1.165, 1.54) is 11.3 Å². The first kappa shape index (κ1) is 21.3. The fraction of sp³-hybridized carbons (Fsp3) is 0.429. The molecule has 3 aromatic rings. The molecule has 0 saturated carbocycles. The second-order valence-corrected chi connectivity index (χ2v) is 10.5. The van der Waals surface area contributed by atoms with Crippen LogP contribution in [-0.4, -0.2) is 47.3 Å². The maximum absolute atomic E-state index is 12.4. The molecule has 1 aliphatic heterocycles. The molecule has 1 aromatic carbocycles. The molecular weight excluding hydrogens is 445 g/mol. The highest BCUT2D eigenvalue weighted by Crippen LogP contribution is 2.39. The monoisotopic (exact) mass is 467 g/mol. The molecule has 1 atom stereocenters. The Morgan fingerprint density at radius 3 is 2.67 bits per heavy atom. The van der Waals surface area contributed by atoms with Crippen LogP contribution in [0.5, 0.6) is 0 Å². The molecule has 2 aromatic heterocycles. The largest absolute Gasteiger partial charge is 0.444 e. The number of nitrogens with zero attached hydrogens (tertiary/aromatic N) is 3. The lowest BCUT2D eigenvalue weighted by molar-refractivity contribution is 0.0216. The topological polar surface area (TPSA) is 58.8 Å². The number of amides is 1. The zero-order valence-electron chi connectivity index (χ0n) is 17.2. The Morgan fingerprint density at radius 1 is 1.27 bits per heavy atom. The van der Waals surface area contributed by atoms with E-state index in [9.17, 15) is 4.79 Å². The summed E-state index contributed by atoms with van der Waals surface area (Å²) in [6.07, 6.45) is -0.296. The van der Waals surface area contributed by atoms with Crippen molar-refractivity contribution < 1.29 is 13.9 Å². The first-order chi connectivity index (χ1) is 14.1. The van der Waals surface area contributed by atoms with Crippen LogP contribution in [0.1, 0.15) is 27.7 Å². The van der Waals surface area contributed by atoms with Crippen LogP contribution in [0.4, 0.5) is 10.8 Å².